The Kier molecular flexibility index (Phi) is 4.55. The molecule has 1 heterocycles. The van der Waals surface area contributed by atoms with Crippen LogP contribution in [0.15, 0.2) is 28.5 Å². The highest BCUT2D eigenvalue weighted by molar-refractivity contribution is 7.94. The molecule has 0 unspecified atom stereocenters. The number of aliphatic hydroxyl groups excluding tert-OH is 1. The fraction of sp³-hybridized carbons (Fsp3) is 0.0909. The van der Waals surface area contributed by atoms with Gasteiger partial charge in [0.05, 0.1) is 22.3 Å². The first-order valence-electron chi connectivity index (χ1n) is 5.20. The van der Waals surface area contributed by atoms with Gasteiger partial charge in [0, 0.05) is 4.88 Å². The zero-order chi connectivity index (χ0) is 14.9. The third kappa shape index (κ3) is 3.24. The second kappa shape index (κ2) is 5.87. The standard InChI is InChI=1S/C11H8Cl2FNO3S2/c12-8-3-6(14)4-9(13)11(8)15-20(17,18)10-2-1-7(5-16)19-10/h1-4,15-16H,5H2. The van der Waals surface area contributed by atoms with E-state index < -0.39 is 15.8 Å². The van der Waals surface area contributed by atoms with Crippen molar-refractivity contribution in [3.63, 3.8) is 0 Å². The smallest absolute Gasteiger partial charge is 0.271 e. The number of sulfonamides is 1. The molecule has 0 aliphatic rings. The van der Waals surface area contributed by atoms with E-state index >= 15 is 0 Å². The van der Waals surface area contributed by atoms with E-state index in [2.05, 4.69) is 4.72 Å². The molecule has 0 spiro atoms. The molecule has 108 valence electrons. The Labute approximate surface area is 128 Å². The SMILES string of the molecule is O=S(=O)(Nc1c(Cl)cc(F)cc1Cl)c1ccc(CO)s1. The molecule has 2 aromatic rings. The Morgan fingerprint density at radius 3 is 2.35 bits per heavy atom. The summed E-state index contributed by atoms with van der Waals surface area (Å²) in [6, 6.07) is 4.76. The highest BCUT2D eigenvalue weighted by atomic mass is 35.5. The number of nitrogens with one attached hydrogen (secondary N) is 1. The number of anilines is 1. The van der Waals surface area contributed by atoms with Crippen LogP contribution < -0.4 is 4.72 Å². The van der Waals surface area contributed by atoms with Gasteiger partial charge in [-0.25, -0.2) is 12.8 Å². The van der Waals surface area contributed by atoms with Crippen LogP contribution in [-0.4, -0.2) is 13.5 Å². The molecular formula is C11H8Cl2FNO3S2. The number of benzene rings is 1. The van der Waals surface area contributed by atoms with E-state index in [1.807, 2.05) is 0 Å². The number of rotatable bonds is 4. The van der Waals surface area contributed by atoms with Gasteiger partial charge in [-0.2, -0.15) is 0 Å². The largest absolute Gasteiger partial charge is 0.391 e. The lowest BCUT2D eigenvalue weighted by Gasteiger charge is -2.10. The van der Waals surface area contributed by atoms with Crippen LogP contribution in [0.25, 0.3) is 0 Å². The van der Waals surface area contributed by atoms with Crippen molar-refractivity contribution in [2.45, 2.75) is 10.8 Å². The minimum atomic E-state index is -3.89. The zero-order valence-electron chi connectivity index (χ0n) is 9.73. The Bertz CT molecular complexity index is 723. The summed E-state index contributed by atoms with van der Waals surface area (Å²) in [5.74, 6) is -0.665. The third-order valence-electron chi connectivity index (χ3n) is 2.30. The van der Waals surface area contributed by atoms with Crippen LogP contribution in [0.1, 0.15) is 4.88 Å². The van der Waals surface area contributed by atoms with E-state index in [9.17, 15) is 12.8 Å². The monoisotopic (exact) mass is 355 g/mol. The molecule has 20 heavy (non-hydrogen) atoms. The van der Waals surface area contributed by atoms with Gasteiger partial charge in [-0.15, -0.1) is 11.3 Å². The third-order valence-corrected chi connectivity index (χ3v) is 5.81. The second-order valence-corrected chi connectivity index (χ2v) is 7.62. The molecule has 1 aromatic carbocycles. The predicted octanol–water partition coefficient (Wildman–Crippen LogP) is 3.49. The quantitative estimate of drug-likeness (QED) is 0.881. The zero-order valence-corrected chi connectivity index (χ0v) is 12.9. The van der Waals surface area contributed by atoms with Gasteiger partial charge in [-0.1, -0.05) is 23.2 Å². The van der Waals surface area contributed by atoms with Crippen molar-refractivity contribution in [2.24, 2.45) is 0 Å². The molecule has 0 aliphatic carbocycles. The van der Waals surface area contributed by atoms with Crippen molar-refractivity contribution in [1.29, 1.82) is 0 Å². The van der Waals surface area contributed by atoms with Crippen LogP contribution in [0.4, 0.5) is 10.1 Å². The molecule has 0 bridgehead atoms. The minimum absolute atomic E-state index is 0.00184. The minimum Gasteiger partial charge on any atom is -0.391 e. The molecule has 2 N–H and O–H groups in total. The van der Waals surface area contributed by atoms with E-state index in [0.717, 1.165) is 23.5 Å². The van der Waals surface area contributed by atoms with Crippen LogP contribution in [0, 0.1) is 5.82 Å². The van der Waals surface area contributed by atoms with Gasteiger partial charge in [0.25, 0.3) is 10.0 Å². The average molecular weight is 356 g/mol. The van der Waals surface area contributed by atoms with Crippen LogP contribution in [-0.2, 0) is 16.6 Å². The highest BCUT2D eigenvalue weighted by Gasteiger charge is 2.20. The van der Waals surface area contributed by atoms with Gasteiger partial charge in [0.2, 0.25) is 0 Å². The molecule has 1 aromatic heterocycles. The normalized spacial score (nSPS) is 11.6. The molecule has 4 nitrogen and oxygen atoms in total. The summed E-state index contributed by atoms with van der Waals surface area (Å²) < 4.78 is 39.5. The van der Waals surface area contributed by atoms with Crippen molar-refractivity contribution in [2.75, 3.05) is 4.72 Å². The molecule has 0 amide bonds. The van der Waals surface area contributed by atoms with E-state index in [1.165, 1.54) is 12.1 Å². The lowest BCUT2D eigenvalue weighted by Crippen LogP contribution is -2.12. The fourth-order valence-electron chi connectivity index (χ4n) is 1.41. The first kappa shape index (κ1) is 15.5. The molecule has 0 fully saturated rings. The van der Waals surface area contributed by atoms with E-state index in [0.29, 0.717) is 4.88 Å². The van der Waals surface area contributed by atoms with Crippen LogP contribution >= 0.6 is 34.5 Å². The summed E-state index contributed by atoms with van der Waals surface area (Å²) in [5, 5.41) is 8.65. The second-order valence-electron chi connectivity index (χ2n) is 3.73. The maximum atomic E-state index is 13.0. The number of halogens is 3. The summed E-state index contributed by atoms with van der Waals surface area (Å²) in [4.78, 5) is 0.502. The van der Waals surface area contributed by atoms with E-state index in [-0.39, 0.29) is 26.5 Å². The Balaban J connectivity index is 2.38. The fourth-order valence-corrected chi connectivity index (χ4v) is 4.40. The molecule has 0 radical (unpaired) electrons. The summed E-state index contributed by atoms with van der Waals surface area (Å²) in [7, 11) is -3.89. The Hall–Kier alpha value is -0.860. The molecule has 0 saturated heterocycles. The first-order chi connectivity index (χ1) is 9.33. The topological polar surface area (TPSA) is 66.4 Å². The van der Waals surface area contributed by atoms with Crippen molar-refractivity contribution in [1.82, 2.24) is 0 Å². The molecule has 0 atom stereocenters. The molecule has 2 rings (SSSR count). The maximum Gasteiger partial charge on any atom is 0.271 e. The molecule has 0 aliphatic heterocycles. The summed E-state index contributed by atoms with van der Waals surface area (Å²) in [6.45, 7) is -0.252. The van der Waals surface area contributed by atoms with E-state index in [4.69, 9.17) is 28.3 Å². The maximum absolute atomic E-state index is 13.0. The van der Waals surface area contributed by atoms with Gasteiger partial charge >= 0.3 is 0 Å². The number of aliphatic hydroxyl groups is 1. The number of hydrogen-bond acceptors (Lipinski definition) is 4. The van der Waals surface area contributed by atoms with Crippen molar-refractivity contribution >= 4 is 50.2 Å². The summed E-state index contributed by atoms with van der Waals surface area (Å²) in [6.07, 6.45) is 0. The predicted molar refractivity (Wildman–Crippen MR) is 77.5 cm³/mol. The molecule has 9 heteroatoms. The van der Waals surface area contributed by atoms with Gasteiger partial charge in [-0.05, 0) is 24.3 Å². The summed E-state index contributed by atoms with van der Waals surface area (Å²) >= 11 is 12.5. The lowest BCUT2D eigenvalue weighted by atomic mass is 10.3. The van der Waals surface area contributed by atoms with Gasteiger partial charge in [0.1, 0.15) is 10.0 Å². The van der Waals surface area contributed by atoms with Crippen molar-refractivity contribution < 1.29 is 17.9 Å². The van der Waals surface area contributed by atoms with Crippen LogP contribution in [0.5, 0.6) is 0 Å². The van der Waals surface area contributed by atoms with Crippen LogP contribution in [0.3, 0.4) is 0 Å². The highest BCUT2D eigenvalue weighted by Crippen LogP contribution is 2.34. The number of thiophene rings is 1. The molecule has 0 saturated carbocycles. The van der Waals surface area contributed by atoms with Gasteiger partial charge in [0.15, 0.2) is 0 Å². The Morgan fingerprint density at radius 2 is 1.85 bits per heavy atom. The van der Waals surface area contributed by atoms with Crippen LogP contribution in [0.2, 0.25) is 10.0 Å². The van der Waals surface area contributed by atoms with Gasteiger partial charge in [-0.3, -0.25) is 4.72 Å². The van der Waals surface area contributed by atoms with Gasteiger partial charge < -0.3 is 5.11 Å². The van der Waals surface area contributed by atoms with E-state index in [1.54, 1.807) is 0 Å². The molecular weight excluding hydrogens is 348 g/mol. The Morgan fingerprint density at radius 1 is 1.25 bits per heavy atom. The van der Waals surface area contributed by atoms with Crippen molar-refractivity contribution in [3.05, 3.63) is 45.0 Å². The number of hydrogen-bond donors (Lipinski definition) is 2. The average Bonchev–Trinajstić information content (AvgIpc) is 2.83. The first-order valence-corrected chi connectivity index (χ1v) is 8.26. The summed E-state index contributed by atoms with van der Waals surface area (Å²) in [5.41, 5.74) is -0.0892. The lowest BCUT2D eigenvalue weighted by molar-refractivity contribution is 0.285. The van der Waals surface area contributed by atoms with Crippen molar-refractivity contribution in [3.8, 4) is 0 Å².